The Morgan fingerprint density at radius 3 is 2.15 bits per heavy atom. The number of quaternary nitrogens is 1. The number of carbonyl (C=O) groups is 3. The molecule has 1 aliphatic heterocycles. The quantitative estimate of drug-likeness (QED) is 0.238. The molecule has 1 aliphatic rings. The predicted octanol–water partition coefficient (Wildman–Crippen LogP) is 4.81. The maximum Gasteiger partial charge on any atom is 0.501 e. The fraction of sp³-hybridized carbons (Fsp3) is 0.250. The van der Waals surface area contributed by atoms with Gasteiger partial charge in [0.15, 0.2) is 6.54 Å². The molecule has 0 N–H and O–H groups in total. The number of para-hydroxylation sites is 1. The van der Waals surface area contributed by atoms with E-state index in [1.165, 1.54) is 12.3 Å². The van der Waals surface area contributed by atoms with Gasteiger partial charge in [-0.25, -0.2) is 18.0 Å². The van der Waals surface area contributed by atoms with Gasteiger partial charge in [-0.1, -0.05) is 18.2 Å². The van der Waals surface area contributed by atoms with Crippen molar-refractivity contribution < 1.29 is 58.6 Å². The Kier molecular flexibility index (Phi) is 6.70. The van der Waals surface area contributed by atoms with Crippen LogP contribution in [0.4, 0.5) is 36.8 Å². The zero-order chi connectivity index (χ0) is 29.9. The van der Waals surface area contributed by atoms with Crippen molar-refractivity contribution in [1.82, 2.24) is 4.98 Å². The molecule has 0 aliphatic carbocycles. The first kappa shape index (κ1) is 28.9. The molecule has 2 heterocycles. The number of pyridine rings is 1. The first-order valence-corrected chi connectivity index (χ1v) is 12.6. The molecule has 1 atom stereocenters. The monoisotopic (exact) mass is 590 g/mol. The van der Waals surface area contributed by atoms with E-state index in [9.17, 15) is 49.1 Å². The van der Waals surface area contributed by atoms with Gasteiger partial charge in [-0.2, -0.15) is 31.2 Å². The van der Waals surface area contributed by atoms with Crippen LogP contribution in [0.1, 0.15) is 19.4 Å². The molecule has 4 rings (SSSR count). The standard InChI is InChI=1S/C24H18F6N3O6S/c1-22(2)19(34)32(15-7-9-16(10-8-15)40(37,38)24(28,29)30)21(36)33(22,39-20(35)23(25,26)27)13-14-11-12-31-18-6-4-3-5-17(14)18/h3-12H,13H2,1-2H3/q+1. The van der Waals surface area contributed by atoms with Gasteiger partial charge < -0.3 is 0 Å². The summed E-state index contributed by atoms with van der Waals surface area (Å²) in [6, 6.07) is 8.61. The number of nitrogens with zero attached hydrogens (tertiary/aromatic N) is 3. The lowest BCUT2D eigenvalue weighted by Gasteiger charge is -2.35. The van der Waals surface area contributed by atoms with Gasteiger partial charge in [0.25, 0.3) is 9.84 Å². The van der Waals surface area contributed by atoms with Crippen LogP contribution in [0.3, 0.4) is 0 Å². The fourth-order valence-electron chi connectivity index (χ4n) is 4.23. The molecule has 1 saturated heterocycles. The summed E-state index contributed by atoms with van der Waals surface area (Å²) in [5, 5.41) is 0.377. The highest BCUT2D eigenvalue weighted by Gasteiger charge is 2.72. The highest BCUT2D eigenvalue weighted by molar-refractivity contribution is 7.92. The Hall–Kier alpha value is -4.05. The number of hydrogen-bond acceptors (Lipinski definition) is 7. The zero-order valence-electron chi connectivity index (χ0n) is 20.4. The van der Waals surface area contributed by atoms with Crippen molar-refractivity contribution in [3.63, 3.8) is 0 Å². The van der Waals surface area contributed by atoms with Crippen LogP contribution in [0, 0.1) is 0 Å². The van der Waals surface area contributed by atoms with Gasteiger partial charge in [0.1, 0.15) is 0 Å². The molecule has 2 aromatic carbocycles. The van der Waals surface area contributed by atoms with Gasteiger partial charge in [0.05, 0.1) is 16.1 Å². The number of aromatic nitrogens is 1. The topological polar surface area (TPSA) is 111 Å². The Bertz CT molecular complexity index is 1630. The number of hydrogen-bond donors (Lipinski definition) is 0. The van der Waals surface area contributed by atoms with E-state index in [4.69, 9.17) is 4.84 Å². The summed E-state index contributed by atoms with van der Waals surface area (Å²) in [7, 11) is -5.78. The third kappa shape index (κ3) is 4.46. The number of hydroxylamine groups is 3. The maximum absolute atomic E-state index is 13.8. The van der Waals surface area contributed by atoms with E-state index in [0.29, 0.717) is 40.1 Å². The summed E-state index contributed by atoms with van der Waals surface area (Å²) in [5.41, 5.74) is -7.73. The number of amides is 3. The Balaban J connectivity index is 1.87. The van der Waals surface area contributed by atoms with Crippen LogP contribution in [-0.4, -0.2) is 53.2 Å². The number of urea groups is 1. The van der Waals surface area contributed by atoms with Crippen LogP contribution < -0.4 is 4.90 Å². The molecule has 0 bridgehead atoms. The molecule has 212 valence electrons. The number of halogens is 6. The van der Waals surface area contributed by atoms with E-state index < -0.39 is 66.7 Å². The lowest BCUT2D eigenvalue weighted by molar-refractivity contribution is -1.06. The molecule has 3 aromatic rings. The van der Waals surface area contributed by atoms with Gasteiger partial charge in [-0.05, 0) is 41.0 Å². The van der Waals surface area contributed by atoms with Crippen molar-refractivity contribution in [3.05, 3.63) is 66.4 Å². The molecule has 1 unspecified atom stereocenters. The minimum absolute atomic E-state index is 0.184. The van der Waals surface area contributed by atoms with Crippen molar-refractivity contribution >= 4 is 44.3 Å². The summed E-state index contributed by atoms with van der Waals surface area (Å²) >= 11 is 0. The van der Waals surface area contributed by atoms with Crippen LogP contribution in [0.5, 0.6) is 0 Å². The summed E-state index contributed by atoms with van der Waals surface area (Å²) in [4.78, 5) is 47.4. The molecule has 0 spiro atoms. The first-order chi connectivity index (χ1) is 18.3. The Labute approximate surface area is 222 Å². The van der Waals surface area contributed by atoms with Crippen molar-refractivity contribution in [1.29, 1.82) is 0 Å². The van der Waals surface area contributed by atoms with E-state index in [1.54, 1.807) is 24.3 Å². The second kappa shape index (κ2) is 9.26. The summed E-state index contributed by atoms with van der Waals surface area (Å²) in [5.74, 6) is -3.94. The number of alkyl halides is 6. The van der Waals surface area contributed by atoms with E-state index in [1.807, 2.05) is 0 Å². The van der Waals surface area contributed by atoms with Crippen molar-refractivity contribution in [2.75, 3.05) is 4.90 Å². The molecule has 9 nitrogen and oxygen atoms in total. The van der Waals surface area contributed by atoms with E-state index in [2.05, 4.69) is 4.98 Å². The smallest absolute Gasteiger partial charge is 0.266 e. The normalized spacial score (nSPS) is 19.8. The first-order valence-electron chi connectivity index (χ1n) is 11.2. The number of anilines is 1. The number of benzene rings is 2. The minimum atomic E-state index is -5.78. The Morgan fingerprint density at radius 1 is 0.975 bits per heavy atom. The number of rotatable bonds is 5. The molecule has 0 saturated carbocycles. The molecule has 1 fully saturated rings. The molecular weight excluding hydrogens is 572 g/mol. The predicted molar refractivity (Wildman–Crippen MR) is 124 cm³/mol. The molecule has 40 heavy (non-hydrogen) atoms. The number of sulfone groups is 1. The largest absolute Gasteiger partial charge is 0.501 e. The second-order valence-corrected chi connectivity index (χ2v) is 11.1. The van der Waals surface area contributed by atoms with Crippen LogP contribution in [0.15, 0.2) is 65.7 Å². The van der Waals surface area contributed by atoms with Crippen LogP contribution in [0.2, 0.25) is 0 Å². The second-order valence-electron chi connectivity index (χ2n) is 9.19. The van der Waals surface area contributed by atoms with Gasteiger partial charge in [0.2, 0.25) is 5.54 Å². The van der Waals surface area contributed by atoms with E-state index >= 15 is 0 Å². The van der Waals surface area contributed by atoms with Crippen LogP contribution >= 0.6 is 0 Å². The average molecular weight is 590 g/mol. The van der Waals surface area contributed by atoms with Gasteiger partial charge in [-0.15, -0.1) is 0 Å². The molecule has 0 radical (unpaired) electrons. The molecule has 3 amide bonds. The number of carbonyl (C=O) groups excluding carboxylic acids is 3. The van der Waals surface area contributed by atoms with Crippen LogP contribution in [-0.2, 0) is 30.8 Å². The highest BCUT2D eigenvalue weighted by Crippen LogP contribution is 2.43. The zero-order valence-corrected chi connectivity index (χ0v) is 21.3. The molecular formula is C24H18F6N3O6S+. The minimum Gasteiger partial charge on any atom is -0.266 e. The summed E-state index contributed by atoms with van der Waals surface area (Å²) in [6.07, 6.45) is -4.27. The maximum atomic E-state index is 13.8. The van der Waals surface area contributed by atoms with Crippen molar-refractivity contribution in [2.24, 2.45) is 0 Å². The lowest BCUT2D eigenvalue weighted by Crippen LogP contribution is -2.62. The lowest BCUT2D eigenvalue weighted by atomic mass is 10.0. The Morgan fingerprint density at radius 2 is 1.57 bits per heavy atom. The van der Waals surface area contributed by atoms with Gasteiger partial charge in [-0.3, -0.25) is 14.6 Å². The summed E-state index contributed by atoms with van der Waals surface area (Å²) < 4.78 is 100. The van der Waals surface area contributed by atoms with Gasteiger partial charge >= 0.3 is 29.6 Å². The summed E-state index contributed by atoms with van der Waals surface area (Å²) in [6.45, 7) is 1.35. The fourth-order valence-corrected chi connectivity index (χ4v) is 4.99. The van der Waals surface area contributed by atoms with Crippen LogP contribution in [0.25, 0.3) is 10.9 Å². The van der Waals surface area contributed by atoms with Gasteiger partial charge in [0, 0.05) is 31.0 Å². The molecule has 1 aromatic heterocycles. The van der Waals surface area contributed by atoms with Crippen molar-refractivity contribution in [3.8, 4) is 0 Å². The van der Waals surface area contributed by atoms with E-state index in [-0.39, 0.29) is 5.56 Å². The third-order valence-corrected chi connectivity index (χ3v) is 7.94. The SMILES string of the molecule is CC1(C)C(=O)N(c2ccc(S(=O)(=O)C(F)(F)F)cc2)C(=O)[N+]1(Cc1ccnc2ccccc12)OC(=O)C(F)(F)F. The number of imide groups is 1. The van der Waals surface area contributed by atoms with Crippen molar-refractivity contribution in [2.45, 2.75) is 42.5 Å². The third-order valence-electron chi connectivity index (χ3n) is 6.44. The average Bonchev–Trinajstić information content (AvgIpc) is 3.00. The highest BCUT2D eigenvalue weighted by atomic mass is 32.2. The molecule has 16 heteroatoms. The van der Waals surface area contributed by atoms with E-state index in [0.717, 1.165) is 13.8 Å². The number of fused-ring (bicyclic) bond motifs is 1.